The van der Waals surface area contributed by atoms with Crippen molar-refractivity contribution in [2.75, 3.05) is 6.61 Å². The zero-order chi connectivity index (χ0) is 16.7. The number of ether oxygens (including phenoxy) is 1. The Balaban J connectivity index is 1.72. The first kappa shape index (κ1) is 16.8. The van der Waals surface area contributed by atoms with Crippen LogP contribution in [0.15, 0.2) is 48.5 Å². The van der Waals surface area contributed by atoms with Crippen LogP contribution in [-0.2, 0) is 11.2 Å². The maximum atomic E-state index is 12.8. The lowest BCUT2D eigenvalue weighted by Crippen LogP contribution is -2.36. The SMILES string of the molecule is CC(COc1ccc(F)cc1)NC(=O)CCc1ccccc1O. The number of hydrogen-bond acceptors (Lipinski definition) is 3. The van der Waals surface area contributed by atoms with Crippen molar-refractivity contribution in [2.24, 2.45) is 0 Å². The van der Waals surface area contributed by atoms with Crippen molar-refractivity contribution < 1.29 is 19.0 Å². The largest absolute Gasteiger partial charge is 0.508 e. The van der Waals surface area contributed by atoms with E-state index in [4.69, 9.17) is 4.74 Å². The Morgan fingerprint density at radius 3 is 2.61 bits per heavy atom. The van der Waals surface area contributed by atoms with Crippen molar-refractivity contribution in [3.05, 3.63) is 59.9 Å². The topological polar surface area (TPSA) is 58.6 Å². The fourth-order valence-electron chi connectivity index (χ4n) is 2.11. The molecule has 0 aliphatic heterocycles. The van der Waals surface area contributed by atoms with Crippen molar-refractivity contribution in [1.29, 1.82) is 0 Å². The number of phenolic OH excluding ortho intramolecular Hbond substituents is 1. The van der Waals surface area contributed by atoms with E-state index in [0.29, 0.717) is 25.2 Å². The second-order valence-electron chi connectivity index (χ2n) is 5.36. The van der Waals surface area contributed by atoms with Gasteiger partial charge in [0.2, 0.25) is 5.91 Å². The van der Waals surface area contributed by atoms with Gasteiger partial charge in [-0.25, -0.2) is 4.39 Å². The van der Waals surface area contributed by atoms with E-state index >= 15 is 0 Å². The minimum Gasteiger partial charge on any atom is -0.508 e. The number of aromatic hydroxyl groups is 1. The van der Waals surface area contributed by atoms with Gasteiger partial charge in [-0.3, -0.25) is 4.79 Å². The summed E-state index contributed by atoms with van der Waals surface area (Å²) in [6, 6.07) is 12.5. The van der Waals surface area contributed by atoms with Crippen molar-refractivity contribution in [2.45, 2.75) is 25.8 Å². The molecule has 2 aromatic carbocycles. The standard InChI is InChI=1S/C18H20FNO3/c1-13(12-23-16-9-7-15(19)8-10-16)20-18(22)11-6-14-4-2-3-5-17(14)21/h2-5,7-10,13,21H,6,11-12H2,1H3,(H,20,22). The molecule has 0 saturated heterocycles. The van der Waals surface area contributed by atoms with Gasteiger partial charge >= 0.3 is 0 Å². The number of benzene rings is 2. The number of aryl methyl sites for hydroxylation is 1. The highest BCUT2D eigenvalue weighted by molar-refractivity contribution is 5.76. The van der Waals surface area contributed by atoms with Crippen LogP contribution in [0.5, 0.6) is 11.5 Å². The summed E-state index contributed by atoms with van der Waals surface area (Å²) in [6.07, 6.45) is 0.766. The minimum atomic E-state index is -0.317. The monoisotopic (exact) mass is 317 g/mol. The molecule has 1 atom stereocenters. The van der Waals surface area contributed by atoms with E-state index in [2.05, 4.69) is 5.32 Å². The van der Waals surface area contributed by atoms with E-state index in [-0.39, 0.29) is 23.5 Å². The Morgan fingerprint density at radius 1 is 1.22 bits per heavy atom. The zero-order valence-electron chi connectivity index (χ0n) is 13.0. The molecule has 5 heteroatoms. The Kier molecular flexibility index (Phi) is 5.97. The van der Waals surface area contributed by atoms with Gasteiger partial charge in [-0.1, -0.05) is 18.2 Å². The van der Waals surface area contributed by atoms with Gasteiger partial charge in [0.1, 0.15) is 23.9 Å². The highest BCUT2D eigenvalue weighted by Gasteiger charge is 2.09. The average molecular weight is 317 g/mol. The number of phenols is 1. The first-order valence-electron chi connectivity index (χ1n) is 7.49. The lowest BCUT2D eigenvalue weighted by molar-refractivity contribution is -0.121. The first-order chi connectivity index (χ1) is 11.0. The van der Waals surface area contributed by atoms with Gasteiger partial charge < -0.3 is 15.2 Å². The molecule has 122 valence electrons. The molecule has 0 bridgehead atoms. The van der Waals surface area contributed by atoms with Crippen LogP contribution in [0.1, 0.15) is 18.9 Å². The van der Waals surface area contributed by atoms with Crippen LogP contribution in [0.4, 0.5) is 4.39 Å². The highest BCUT2D eigenvalue weighted by Crippen LogP contribution is 2.17. The molecular weight excluding hydrogens is 297 g/mol. The lowest BCUT2D eigenvalue weighted by Gasteiger charge is -2.15. The predicted octanol–water partition coefficient (Wildman–Crippen LogP) is 3.05. The molecule has 23 heavy (non-hydrogen) atoms. The normalized spacial score (nSPS) is 11.7. The fourth-order valence-corrected chi connectivity index (χ4v) is 2.11. The average Bonchev–Trinajstić information content (AvgIpc) is 2.53. The van der Waals surface area contributed by atoms with Crippen LogP contribution in [-0.4, -0.2) is 23.7 Å². The molecule has 0 saturated carbocycles. The van der Waals surface area contributed by atoms with E-state index in [1.54, 1.807) is 30.3 Å². The number of carbonyl (C=O) groups is 1. The van der Waals surface area contributed by atoms with Gasteiger partial charge in [-0.05, 0) is 49.2 Å². The van der Waals surface area contributed by atoms with Crippen molar-refractivity contribution in [1.82, 2.24) is 5.32 Å². The Bertz CT molecular complexity index is 643. The molecule has 0 aliphatic rings. The van der Waals surface area contributed by atoms with Crippen molar-refractivity contribution >= 4 is 5.91 Å². The minimum absolute atomic E-state index is 0.108. The number of para-hydroxylation sites is 1. The number of carbonyl (C=O) groups excluding carboxylic acids is 1. The van der Waals surface area contributed by atoms with Gasteiger partial charge in [0.25, 0.3) is 0 Å². The summed E-state index contributed by atoms with van der Waals surface area (Å²) < 4.78 is 18.3. The van der Waals surface area contributed by atoms with Crippen LogP contribution in [0.25, 0.3) is 0 Å². The zero-order valence-corrected chi connectivity index (χ0v) is 13.0. The molecule has 2 rings (SSSR count). The maximum Gasteiger partial charge on any atom is 0.220 e. The van der Waals surface area contributed by atoms with Crippen molar-refractivity contribution in [3.8, 4) is 11.5 Å². The van der Waals surface area contributed by atoms with Crippen LogP contribution in [0, 0.1) is 5.82 Å². The lowest BCUT2D eigenvalue weighted by atomic mass is 10.1. The summed E-state index contributed by atoms with van der Waals surface area (Å²) in [5, 5.41) is 12.5. The molecule has 0 radical (unpaired) electrons. The van der Waals surface area contributed by atoms with Crippen LogP contribution in [0.3, 0.4) is 0 Å². The number of halogens is 1. The number of nitrogens with one attached hydrogen (secondary N) is 1. The van der Waals surface area contributed by atoms with Gasteiger partial charge in [0, 0.05) is 6.42 Å². The van der Waals surface area contributed by atoms with Crippen LogP contribution >= 0.6 is 0 Å². The van der Waals surface area contributed by atoms with Gasteiger partial charge in [-0.2, -0.15) is 0 Å². The summed E-state index contributed by atoms with van der Waals surface area (Å²) in [5.74, 6) is 0.334. The number of rotatable bonds is 7. The van der Waals surface area contributed by atoms with Crippen molar-refractivity contribution in [3.63, 3.8) is 0 Å². The molecule has 1 unspecified atom stereocenters. The third kappa shape index (κ3) is 5.62. The summed E-state index contributed by atoms with van der Waals surface area (Å²) >= 11 is 0. The molecule has 0 aliphatic carbocycles. The molecule has 0 heterocycles. The third-order valence-corrected chi connectivity index (χ3v) is 3.33. The summed E-state index contributed by atoms with van der Waals surface area (Å²) in [7, 11) is 0. The van der Waals surface area contributed by atoms with E-state index in [1.807, 2.05) is 13.0 Å². The molecule has 0 fully saturated rings. The second-order valence-corrected chi connectivity index (χ2v) is 5.36. The molecule has 4 nitrogen and oxygen atoms in total. The van der Waals surface area contributed by atoms with E-state index < -0.39 is 0 Å². The number of hydrogen-bond donors (Lipinski definition) is 2. The van der Waals surface area contributed by atoms with Gasteiger partial charge in [0.15, 0.2) is 0 Å². The Labute approximate surface area is 134 Å². The first-order valence-corrected chi connectivity index (χ1v) is 7.49. The number of amides is 1. The summed E-state index contributed by atoms with van der Waals surface area (Å²) in [4.78, 5) is 11.9. The molecule has 2 aromatic rings. The highest BCUT2D eigenvalue weighted by atomic mass is 19.1. The Morgan fingerprint density at radius 2 is 1.91 bits per heavy atom. The smallest absolute Gasteiger partial charge is 0.220 e. The van der Waals surface area contributed by atoms with Crippen LogP contribution < -0.4 is 10.1 Å². The fraction of sp³-hybridized carbons (Fsp3) is 0.278. The van der Waals surface area contributed by atoms with E-state index in [1.165, 1.54) is 12.1 Å². The van der Waals surface area contributed by atoms with Gasteiger partial charge in [0.05, 0.1) is 6.04 Å². The quantitative estimate of drug-likeness (QED) is 0.825. The Hall–Kier alpha value is -2.56. The predicted molar refractivity (Wildman–Crippen MR) is 85.9 cm³/mol. The maximum absolute atomic E-state index is 12.8. The van der Waals surface area contributed by atoms with Crippen LogP contribution in [0.2, 0.25) is 0 Å². The summed E-state index contributed by atoms with van der Waals surface area (Å²) in [5.41, 5.74) is 0.748. The summed E-state index contributed by atoms with van der Waals surface area (Å²) in [6.45, 7) is 2.13. The second kappa shape index (κ2) is 8.17. The molecular formula is C18H20FNO3. The molecule has 1 amide bonds. The van der Waals surface area contributed by atoms with E-state index in [9.17, 15) is 14.3 Å². The molecule has 0 aromatic heterocycles. The third-order valence-electron chi connectivity index (χ3n) is 3.33. The van der Waals surface area contributed by atoms with E-state index in [0.717, 1.165) is 5.56 Å². The van der Waals surface area contributed by atoms with Gasteiger partial charge in [-0.15, -0.1) is 0 Å². The molecule has 0 spiro atoms. The molecule has 2 N–H and O–H groups in total.